The van der Waals surface area contributed by atoms with Gasteiger partial charge in [-0.3, -0.25) is 4.79 Å². The van der Waals surface area contributed by atoms with E-state index in [1.54, 1.807) is 0 Å². The van der Waals surface area contributed by atoms with Crippen molar-refractivity contribution in [3.8, 4) is 0 Å². The molecule has 1 saturated carbocycles. The monoisotopic (exact) mass is 324 g/mol. The largest absolute Gasteiger partial charge is 0.341 e. The Hall–Kier alpha value is -0.570. The minimum atomic E-state index is -0.0765. The third kappa shape index (κ3) is 6.82. The van der Waals surface area contributed by atoms with Gasteiger partial charge in [0.1, 0.15) is 0 Å². The third-order valence-electron chi connectivity index (χ3n) is 5.28. The molecule has 0 bridgehead atoms. The Morgan fingerprint density at radius 1 is 1.04 bits per heavy atom. The summed E-state index contributed by atoms with van der Waals surface area (Å²) in [4.78, 5) is 13.7. The van der Waals surface area contributed by atoms with Gasteiger partial charge in [-0.1, -0.05) is 52.9 Å². The van der Waals surface area contributed by atoms with Crippen LogP contribution >= 0.6 is 0 Å². The first-order valence-corrected chi connectivity index (χ1v) is 9.99. The first kappa shape index (κ1) is 20.5. The highest BCUT2D eigenvalue weighted by Gasteiger charge is 2.44. The molecule has 0 atom stereocenters. The molecule has 2 aliphatic heterocycles. The third-order valence-corrected chi connectivity index (χ3v) is 5.28. The second-order valence-electron chi connectivity index (χ2n) is 8.01. The van der Waals surface area contributed by atoms with E-state index >= 15 is 0 Å². The zero-order valence-electron chi connectivity index (χ0n) is 16.3. The van der Waals surface area contributed by atoms with Gasteiger partial charge in [-0.2, -0.15) is 0 Å². The van der Waals surface area contributed by atoms with Crippen molar-refractivity contribution in [2.45, 2.75) is 79.6 Å². The topological polar surface area (TPSA) is 32.3 Å². The Kier molecular flexibility index (Phi) is 9.19. The molecule has 0 spiro atoms. The van der Waals surface area contributed by atoms with Crippen LogP contribution in [0.25, 0.3) is 0 Å². The summed E-state index contributed by atoms with van der Waals surface area (Å²) in [5, 5.41) is 3.35. The van der Waals surface area contributed by atoms with Gasteiger partial charge in [-0.05, 0) is 51.6 Å². The highest BCUT2D eigenvalue weighted by Crippen LogP contribution is 2.32. The van der Waals surface area contributed by atoms with Crippen LogP contribution in [0, 0.1) is 17.3 Å². The molecule has 23 heavy (non-hydrogen) atoms. The number of carbonyl (C=O) groups excluding carboxylic acids is 1. The summed E-state index contributed by atoms with van der Waals surface area (Å²) in [5.41, 5.74) is -0.0765. The van der Waals surface area contributed by atoms with E-state index in [0.29, 0.717) is 5.91 Å². The van der Waals surface area contributed by atoms with Gasteiger partial charge < -0.3 is 10.2 Å². The number of piperidine rings is 1. The molecule has 1 N–H and O–H groups in total. The number of hydrogen-bond donors (Lipinski definition) is 1. The minimum Gasteiger partial charge on any atom is -0.341 e. The molecular formula is C20H40N2O. The molecule has 2 heterocycles. The van der Waals surface area contributed by atoms with Crippen LogP contribution in [0.4, 0.5) is 0 Å². The molecule has 1 amide bonds. The van der Waals surface area contributed by atoms with Crippen LogP contribution in [0.1, 0.15) is 79.6 Å². The van der Waals surface area contributed by atoms with E-state index in [4.69, 9.17) is 0 Å². The normalized spacial score (nSPS) is 24.7. The molecule has 0 aromatic heterocycles. The van der Waals surface area contributed by atoms with Gasteiger partial charge in [0.2, 0.25) is 5.91 Å². The number of nitrogens with zero attached hydrogens (tertiary/aromatic N) is 1. The lowest BCUT2D eigenvalue weighted by atomic mass is 9.82. The summed E-state index contributed by atoms with van der Waals surface area (Å²) in [6.07, 6.45) is 9.89. The van der Waals surface area contributed by atoms with E-state index in [0.717, 1.165) is 38.0 Å². The highest BCUT2D eigenvalue weighted by molar-refractivity contribution is 5.87. The molecule has 3 nitrogen and oxygen atoms in total. The van der Waals surface area contributed by atoms with Gasteiger partial charge >= 0.3 is 0 Å². The second-order valence-corrected chi connectivity index (χ2v) is 8.01. The fourth-order valence-electron chi connectivity index (χ4n) is 3.78. The summed E-state index contributed by atoms with van der Waals surface area (Å²) in [6, 6.07) is 0. The Bertz CT molecular complexity index is 329. The van der Waals surface area contributed by atoms with E-state index in [-0.39, 0.29) is 5.41 Å². The Balaban J connectivity index is 0.000000247. The number of carbonyl (C=O) groups is 1. The van der Waals surface area contributed by atoms with Gasteiger partial charge in [0.05, 0.1) is 5.41 Å². The fraction of sp³-hybridized carbons (Fsp3) is 0.950. The van der Waals surface area contributed by atoms with E-state index in [1.807, 2.05) is 32.6 Å². The molecule has 136 valence electrons. The van der Waals surface area contributed by atoms with Gasteiger partial charge in [0.15, 0.2) is 0 Å². The lowest BCUT2D eigenvalue weighted by molar-refractivity contribution is -0.157. The van der Waals surface area contributed by atoms with Gasteiger partial charge in [0.25, 0.3) is 0 Å². The molecule has 0 unspecified atom stereocenters. The first-order chi connectivity index (χ1) is 11.0. The van der Waals surface area contributed by atoms with E-state index < -0.39 is 0 Å². The maximum absolute atomic E-state index is 11.7. The van der Waals surface area contributed by atoms with Crippen molar-refractivity contribution in [2.75, 3.05) is 26.2 Å². The number of β-lactam (4-membered cyclic amide) rings is 1. The quantitative estimate of drug-likeness (QED) is 0.760. The zero-order valence-corrected chi connectivity index (χ0v) is 16.3. The van der Waals surface area contributed by atoms with Crippen LogP contribution in [0.5, 0.6) is 0 Å². The maximum atomic E-state index is 11.7. The van der Waals surface area contributed by atoms with Crippen LogP contribution < -0.4 is 5.32 Å². The maximum Gasteiger partial charge on any atom is 0.230 e. The predicted molar refractivity (Wildman–Crippen MR) is 99.6 cm³/mol. The van der Waals surface area contributed by atoms with Crippen molar-refractivity contribution >= 4 is 5.91 Å². The Morgan fingerprint density at radius 2 is 1.61 bits per heavy atom. The van der Waals surface area contributed by atoms with E-state index in [2.05, 4.69) is 12.2 Å². The van der Waals surface area contributed by atoms with Crippen LogP contribution in [0.3, 0.4) is 0 Å². The molecule has 0 aromatic carbocycles. The van der Waals surface area contributed by atoms with Crippen molar-refractivity contribution in [1.82, 2.24) is 10.2 Å². The predicted octanol–water partition coefficient (Wildman–Crippen LogP) is 4.47. The zero-order chi connectivity index (χ0) is 17.3. The van der Waals surface area contributed by atoms with Crippen molar-refractivity contribution in [2.24, 2.45) is 17.3 Å². The van der Waals surface area contributed by atoms with Crippen LogP contribution in [0.15, 0.2) is 0 Å². The lowest BCUT2D eigenvalue weighted by Gasteiger charge is -2.46. The summed E-state index contributed by atoms with van der Waals surface area (Å²) in [6.45, 7) is 14.6. The number of hydrogen-bond acceptors (Lipinski definition) is 2. The SMILES string of the molecule is CC.CC1(C)CN(CC2CCNCC2)C1=O.CC1CCCCC1. The van der Waals surface area contributed by atoms with Crippen LogP contribution in [-0.4, -0.2) is 37.0 Å². The molecule has 3 heteroatoms. The van der Waals surface area contributed by atoms with Gasteiger partial charge in [-0.15, -0.1) is 0 Å². The van der Waals surface area contributed by atoms with Crippen molar-refractivity contribution in [1.29, 1.82) is 0 Å². The molecule has 3 fully saturated rings. The molecule has 0 aromatic rings. The number of amides is 1. The smallest absolute Gasteiger partial charge is 0.230 e. The van der Waals surface area contributed by atoms with Crippen molar-refractivity contribution < 1.29 is 4.79 Å². The lowest BCUT2D eigenvalue weighted by Crippen LogP contribution is -2.59. The second kappa shape index (κ2) is 10.3. The molecular weight excluding hydrogens is 284 g/mol. The Morgan fingerprint density at radius 3 is 2.00 bits per heavy atom. The van der Waals surface area contributed by atoms with Crippen LogP contribution in [-0.2, 0) is 4.79 Å². The number of nitrogens with one attached hydrogen (secondary N) is 1. The molecule has 1 aliphatic carbocycles. The average Bonchev–Trinajstić information content (AvgIpc) is 2.58. The number of likely N-dealkylation sites (tertiary alicyclic amines) is 1. The molecule has 3 aliphatic rings. The van der Waals surface area contributed by atoms with Crippen molar-refractivity contribution in [3.05, 3.63) is 0 Å². The summed E-state index contributed by atoms with van der Waals surface area (Å²) in [5.74, 6) is 2.11. The van der Waals surface area contributed by atoms with Gasteiger partial charge in [0, 0.05) is 13.1 Å². The summed E-state index contributed by atoms with van der Waals surface area (Å²) in [7, 11) is 0. The first-order valence-electron chi connectivity index (χ1n) is 9.99. The molecule has 2 saturated heterocycles. The summed E-state index contributed by atoms with van der Waals surface area (Å²) < 4.78 is 0. The molecule has 0 radical (unpaired) electrons. The van der Waals surface area contributed by atoms with Crippen molar-refractivity contribution in [3.63, 3.8) is 0 Å². The number of rotatable bonds is 2. The fourth-order valence-corrected chi connectivity index (χ4v) is 3.78. The summed E-state index contributed by atoms with van der Waals surface area (Å²) >= 11 is 0. The highest BCUT2D eigenvalue weighted by atomic mass is 16.2. The Labute approximate surface area is 144 Å². The average molecular weight is 325 g/mol. The van der Waals surface area contributed by atoms with E-state index in [1.165, 1.54) is 44.9 Å². The molecule has 3 rings (SSSR count). The van der Waals surface area contributed by atoms with Gasteiger partial charge in [-0.25, -0.2) is 0 Å². The van der Waals surface area contributed by atoms with E-state index in [9.17, 15) is 4.79 Å². The standard InChI is InChI=1S/C11H20N2O.C7H14.C2H6/c1-11(2)8-13(10(11)14)7-9-3-5-12-6-4-9;1-7-5-3-2-4-6-7;1-2/h9,12H,3-8H2,1-2H3;7H,2-6H2,1H3;1-2H3. The minimum absolute atomic E-state index is 0.0765. The van der Waals surface area contributed by atoms with Crippen LogP contribution in [0.2, 0.25) is 0 Å².